The summed E-state index contributed by atoms with van der Waals surface area (Å²) in [6.45, 7) is 6.52. The highest BCUT2D eigenvalue weighted by Gasteiger charge is 2.33. The van der Waals surface area contributed by atoms with Gasteiger partial charge in [0.05, 0.1) is 5.69 Å². The maximum atomic E-state index is 12.8. The van der Waals surface area contributed by atoms with Gasteiger partial charge in [-0.25, -0.2) is 0 Å². The van der Waals surface area contributed by atoms with Crippen molar-refractivity contribution in [1.82, 2.24) is 20.2 Å². The second-order valence-electron chi connectivity index (χ2n) is 9.19. The van der Waals surface area contributed by atoms with Gasteiger partial charge in [0.25, 0.3) is 11.5 Å². The molecule has 1 fully saturated rings. The van der Waals surface area contributed by atoms with E-state index in [0.29, 0.717) is 24.1 Å². The van der Waals surface area contributed by atoms with E-state index < -0.39 is 11.5 Å². The van der Waals surface area contributed by atoms with Crippen molar-refractivity contribution in [1.29, 1.82) is 0 Å². The molecule has 2 aliphatic rings. The van der Waals surface area contributed by atoms with Crippen molar-refractivity contribution in [2.45, 2.75) is 52.1 Å². The number of amides is 1. The zero-order valence-electron chi connectivity index (χ0n) is 17.5. The highest BCUT2D eigenvalue weighted by atomic mass is 16.2. The molecule has 0 radical (unpaired) electrons. The molecular formula is C23H28N4O3. The third-order valence-corrected chi connectivity index (χ3v) is 6.00. The van der Waals surface area contributed by atoms with Crippen LogP contribution in [0.4, 0.5) is 0 Å². The number of nitrogens with one attached hydrogen (secondary N) is 2. The Morgan fingerprint density at radius 1 is 1.23 bits per heavy atom. The summed E-state index contributed by atoms with van der Waals surface area (Å²) in [6, 6.07) is 7.40. The molecule has 1 saturated heterocycles. The van der Waals surface area contributed by atoms with Gasteiger partial charge in [-0.1, -0.05) is 19.9 Å². The van der Waals surface area contributed by atoms with Crippen LogP contribution in [0.25, 0.3) is 0 Å². The van der Waals surface area contributed by atoms with E-state index in [2.05, 4.69) is 20.2 Å². The number of nitrogens with zero attached hydrogens (tertiary/aromatic N) is 2. The molecule has 0 atom stereocenters. The molecule has 1 amide bonds. The topological polar surface area (TPSA) is 95.2 Å². The van der Waals surface area contributed by atoms with E-state index in [-0.39, 0.29) is 22.8 Å². The number of H-pyrrole nitrogens is 1. The Bertz CT molecular complexity index is 1000. The number of fused-ring (bicyclic) bond motifs is 1. The van der Waals surface area contributed by atoms with Crippen LogP contribution in [0.15, 0.2) is 35.3 Å². The van der Waals surface area contributed by atoms with E-state index >= 15 is 0 Å². The van der Waals surface area contributed by atoms with Crippen LogP contribution in [0.5, 0.6) is 0 Å². The molecule has 3 heterocycles. The average Bonchev–Trinajstić information content (AvgIpc) is 2.69. The fourth-order valence-corrected chi connectivity index (χ4v) is 4.42. The minimum absolute atomic E-state index is 0.0162. The number of hydrogen-bond acceptors (Lipinski definition) is 5. The van der Waals surface area contributed by atoms with Gasteiger partial charge in [0.2, 0.25) is 0 Å². The first kappa shape index (κ1) is 20.5. The average molecular weight is 409 g/mol. The normalized spacial score (nSPS) is 19.3. The molecule has 1 aliphatic carbocycles. The summed E-state index contributed by atoms with van der Waals surface area (Å²) in [7, 11) is 0. The Balaban J connectivity index is 1.39. The Labute approximate surface area is 175 Å². The zero-order valence-corrected chi connectivity index (χ0v) is 17.5. The lowest BCUT2D eigenvalue weighted by Crippen LogP contribution is -2.45. The number of hydrogen-bond donors (Lipinski definition) is 2. The molecule has 158 valence electrons. The van der Waals surface area contributed by atoms with Gasteiger partial charge in [0, 0.05) is 49.6 Å². The Morgan fingerprint density at radius 3 is 2.70 bits per heavy atom. The van der Waals surface area contributed by atoms with Crippen LogP contribution in [0, 0.1) is 5.41 Å². The maximum Gasteiger partial charge on any atom is 0.261 e. The van der Waals surface area contributed by atoms with Gasteiger partial charge in [-0.2, -0.15) is 0 Å². The smallest absolute Gasteiger partial charge is 0.261 e. The molecular weight excluding hydrogens is 380 g/mol. The first-order chi connectivity index (χ1) is 14.3. The molecule has 1 aliphatic heterocycles. The number of likely N-dealkylation sites (tertiary alicyclic amines) is 1. The first-order valence-electron chi connectivity index (χ1n) is 10.5. The minimum atomic E-state index is -0.427. The molecule has 0 saturated carbocycles. The second-order valence-corrected chi connectivity index (χ2v) is 9.19. The van der Waals surface area contributed by atoms with Gasteiger partial charge in [-0.15, -0.1) is 0 Å². The Morgan fingerprint density at radius 2 is 2.00 bits per heavy atom. The number of piperidine rings is 1. The van der Waals surface area contributed by atoms with E-state index in [0.717, 1.165) is 38.2 Å². The van der Waals surface area contributed by atoms with Gasteiger partial charge in [0.1, 0.15) is 5.56 Å². The lowest BCUT2D eigenvalue weighted by atomic mass is 9.75. The van der Waals surface area contributed by atoms with Crippen molar-refractivity contribution in [2.75, 3.05) is 13.1 Å². The van der Waals surface area contributed by atoms with Crippen LogP contribution in [-0.4, -0.2) is 45.7 Å². The van der Waals surface area contributed by atoms with Crippen molar-refractivity contribution in [3.8, 4) is 0 Å². The van der Waals surface area contributed by atoms with Crippen molar-refractivity contribution >= 4 is 11.7 Å². The summed E-state index contributed by atoms with van der Waals surface area (Å²) in [5, 5.41) is 2.99. The fourth-order valence-electron chi connectivity index (χ4n) is 4.42. The first-order valence-corrected chi connectivity index (χ1v) is 10.5. The molecule has 2 N–H and O–H groups in total. The van der Waals surface area contributed by atoms with E-state index in [1.807, 2.05) is 32.0 Å². The summed E-state index contributed by atoms with van der Waals surface area (Å²) in [5.74, 6) is -0.422. The lowest BCUT2D eigenvalue weighted by Gasteiger charge is -2.32. The fraction of sp³-hybridized carbons (Fsp3) is 0.478. The van der Waals surface area contributed by atoms with Crippen LogP contribution in [0.3, 0.4) is 0 Å². The molecule has 0 bridgehead atoms. The van der Waals surface area contributed by atoms with Crippen LogP contribution < -0.4 is 10.9 Å². The van der Waals surface area contributed by atoms with Gasteiger partial charge in [-0.05, 0) is 42.9 Å². The highest BCUT2D eigenvalue weighted by Crippen LogP contribution is 2.33. The van der Waals surface area contributed by atoms with Gasteiger partial charge in [0.15, 0.2) is 5.78 Å². The molecule has 0 aromatic carbocycles. The summed E-state index contributed by atoms with van der Waals surface area (Å²) < 4.78 is 0. The van der Waals surface area contributed by atoms with Gasteiger partial charge in [-0.3, -0.25) is 24.3 Å². The van der Waals surface area contributed by atoms with Crippen molar-refractivity contribution in [3.05, 3.63) is 63.3 Å². The van der Waals surface area contributed by atoms with Gasteiger partial charge >= 0.3 is 0 Å². The second kappa shape index (κ2) is 8.14. The SMILES string of the molecule is CC1(C)CC(=O)c2cc(C(=O)NC3CCN(Cc4ccccn4)CC3)c(=O)[nH]c2C1. The number of Topliss-reactive ketones (excluding diaryl/α,β-unsaturated/α-hetero) is 1. The van der Waals surface area contributed by atoms with Gasteiger partial charge < -0.3 is 10.3 Å². The predicted molar refractivity (Wildman–Crippen MR) is 113 cm³/mol. The molecule has 7 nitrogen and oxygen atoms in total. The number of pyridine rings is 2. The Kier molecular flexibility index (Phi) is 5.56. The van der Waals surface area contributed by atoms with Crippen LogP contribution in [-0.2, 0) is 13.0 Å². The van der Waals surface area contributed by atoms with E-state index in [9.17, 15) is 14.4 Å². The quantitative estimate of drug-likeness (QED) is 0.810. The monoisotopic (exact) mass is 408 g/mol. The van der Waals surface area contributed by atoms with Crippen LogP contribution in [0.2, 0.25) is 0 Å². The molecule has 0 spiro atoms. The number of rotatable bonds is 4. The van der Waals surface area contributed by atoms with Crippen LogP contribution >= 0.6 is 0 Å². The van der Waals surface area contributed by atoms with Crippen LogP contribution in [0.1, 0.15) is 65.2 Å². The summed E-state index contributed by atoms with van der Waals surface area (Å²) in [4.78, 5) is 47.2. The van der Waals surface area contributed by atoms with Crippen molar-refractivity contribution in [2.24, 2.45) is 5.41 Å². The standard InChI is InChI=1S/C23H28N4O3/c1-23(2)12-19-17(20(28)13-23)11-18(22(30)26-19)21(29)25-15-6-9-27(10-7-15)14-16-5-3-4-8-24-16/h3-5,8,11,15H,6-7,9-10,12-14H2,1-2H3,(H,25,29)(H,26,30). The molecule has 4 rings (SSSR count). The minimum Gasteiger partial charge on any atom is -0.349 e. The zero-order chi connectivity index (χ0) is 21.3. The summed E-state index contributed by atoms with van der Waals surface area (Å²) in [5.41, 5.74) is 1.57. The lowest BCUT2D eigenvalue weighted by molar-refractivity contribution is 0.0906. The van der Waals surface area contributed by atoms with Crippen molar-refractivity contribution in [3.63, 3.8) is 0 Å². The largest absolute Gasteiger partial charge is 0.349 e. The Hall–Kier alpha value is -2.80. The predicted octanol–water partition coefficient (Wildman–Crippen LogP) is 2.32. The number of aromatic nitrogens is 2. The molecule has 2 aromatic heterocycles. The third kappa shape index (κ3) is 4.51. The summed E-state index contributed by atoms with van der Waals surface area (Å²) >= 11 is 0. The van der Waals surface area contributed by atoms with E-state index in [1.54, 1.807) is 6.20 Å². The van der Waals surface area contributed by atoms with E-state index in [1.165, 1.54) is 6.07 Å². The third-order valence-electron chi connectivity index (χ3n) is 6.00. The highest BCUT2D eigenvalue weighted by molar-refractivity contribution is 6.02. The molecule has 0 unspecified atom stereocenters. The number of ketones is 1. The molecule has 30 heavy (non-hydrogen) atoms. The molecule has 2 aromatic rings. The number of carbonyl (C=O) groups excluding carboxylic acids is 2. The van der Waals surface area contributed by atoms with E-state index in [4.69, 9.17) is 0 Å². The summed E-state index contributed by atoms with van der Waals surface area (Å²) in [6.07, 6.45) is 4.47. The number of aromatic amines is 1. The maximum absolute atomic E-state index is 12.8. The number of carbonyl (C=O) groups is 2. The van der Waals surface area contributed by atoms with Crippen molar-refractivity contribution < 1.29 is 9.59 Å². The molecule has 7 heteroatoms.